The third-order valence-corrected chi connectivity index (χ3v) is 4.02. The number of rotatable bonds is 7. The molecule has 4 N–H and O–H groups in total. The molecular weight excluding hydrogens is 393 g/mol. The van der Waals surface area contributed by atoms with E-state index in [2.05, 4.69) is 16.0 Å². The van der Waals surface area contributed by atoms with Gasteiger partial charge >= 0.3 is 18.2 Å². The lowest BCUT2D eigenvalue weighted by atomic mass is 10.1. The van der Waals surface area contributed by atoms with Gasteiger partial charge in [0.2, 0.25) is 0 Å². The van der Waals surface area contributed by atoms with Crippen molar-refractivity contribution in [2.75, 3.05) is 38.6 Å². The van der Waals surface area contributed by atoms with Crippen LogP contribution in [0, 0.1) is 0 Å². The summed E-state index contributed by atoms with van der Waals surface area (Å²) >= 11 is 0. The van der Waals surface area contributed by atoms with E-state index in [9.17, 15) is 27.6 Å². The number of carbonyl (C=O) groups excluding carboxylic acids is 3. The summed E-state index contributed by atoms with van der Waals surface area (Å²) in [5.41, 5.74) is -0.745. The Labute approximate surface area is 165 Å². The maximum atomic E-state index is 13.0. The Hall–Kier alpha value is -3.08. The van der Waals surface area contributed by atoms with Crippen LogP contribution in [0.3, 0.4) is 0 Å². The zero-order valence-corrected chi connectivity index (χ0v) is 15.9. The van der Waals surface area contributed by atoms with Crippen LogP contribution in [-0.4, -0.2) is 51.2 Å². The molecule has 1 aromatic carbocycles. The molecule has 0 fully saturated rings. The number of ether oxygens (including phenoxy) is 1. The number of para-hydroxylation sites is 1. The molecule has 0 bridgehead atoms. The van der Waals surface area contributed by atoms with Crippen LogP contribution in [0.15, 0.2) is 35.5 Å². The monoisotopic (exact) mass is 415 g/mol. The highest BCUT2D eigenvalue weighted by atomic mass is 19.4. The number of esters is 1. The first-order chi connectivity index (χ1) is 13.6. The highest BCUT2D eigenvalue weighted by Crippen LogP contribution is 2.34. The van der Waals surface area contributed by atoms with Gasteiger partial charge in [-0.25, -0.2) is 9.59 Å². The molecule has 8 nitrogen and oxygen atoms in total. The van der Waals surface area contributed by atoms with Crippen molar-refractivity contribution in [2.24, 2.45) is 0 Å². The van der Waals surface area contributed by atoms with E-state index < -0.39 is 29.6 Å². The number of hydrogen-bond donors (Lipinski definition) is 4. The van der Waals surface area contributed by atoms with Gasteiger partial charge in [0.05, 0.1) is 42.7 Å². The Kier molecular flexibility index (Phi) is 7.21. The maximum Gasteiger partial charge on any atom is 0.418 e. The van der Waals surface area contributed by atoms with E-state index in [0.29, 0.717) is 10.6 Å². The van der Waals surface area contributed by atoms with Crippen LogP contribution < -0.4 is 20.9 Å². The molecule has 2 rings (SSSR count). The van der Waals surface area contributed by atoms with Gasteiger partial charge in [-0.2, -0.15) is 13.2 Å². The van der Waals surface area contributed by atoms with E-state index in [1.807, 2.05) is 0 Å². The Morgan fingerprint density at radius 2 is 1.97 bits per heavy atom. The molecule has 11 heteroatoms. The smallest absolute Gasteiger partial charge is 0.418 e. The predicted octanol–water partition coefficient (Wildman–Crippen LogP) is 0.289. The topological polar surface area (TPSA) is 101 Å². The highest BCUT2D eigenvalue weighted by Gasteiger charge is 2.34. The van der Waals surface area contributed by atoms with Gasteiger partial charge in [-0.3, -0.25) is 4.79 Å². The molecule has 0 saturated carbocycles. The third kappa shape index (κ3) is 6.21. The normalized spacial score (nSPS) is 15.3. The standard InChI is InChI=1S/C18H21F3N4O4/c1-3-29-16(27)11-8-22-17(28)24-14(11)9-25(2)10-15(26)23-13-7-5-4-6-12(13)18(19,20)21/h4-7H,3,8-10H2,1-2H3,(H,23,26)(H2,22,24,28)/p+1. The van der Waals surface area contributed by atoms with Crippen molar-refractivity contribution in [3.05, 3.63) is 41.1 Å². The number of halogens is 3. The molecule has 0 saturated heterocycles. The van der Waals surface area contributed by atoms with Crippen molar-refractivity contribution in [3.63, 3.8) is 0 Å². The molecule has 1 aliphatic heterocycles. The SMILES string of the molecule is CCOC(=O)C1=C(C[NH+](C)CC(=O)Nc2ccccc2C(F)(F)F)NC(=O)NC1. The van der Waals surface area contributed by atoms with Crippen LogP contribution in [-0.2, 0) is 20.5 Å². The second-order valence-corrected chi connectivity index (χ2v) is 6.39. The van der Waals surface area contributed by atoms with Gasteiger partial charge in [0.15, 0.2) is 6.54 Å². The van der Waals surface area contributed by atoms with Crippen LogP contribution in [0.5, 0.6) is 0 Å². The number of alkyl halides is 3. The third-order valence-electron chi connectivity index (χ3n) is 4.02. The fraction of sp³-hybridized carbons (Fsp3) is 0.389. The number of amides is 3. The van der Waals surface area contributed by atoms with E-state index in [1.54, 1.807) is 14.0 Å². The lowest BCUT2D eigenvalue weighted by molar-refractivity contribution is -0.866. The number of hydrogen-bond acceptors (Lipinski definition) is 4. The molecule has 158 valence electrons. The number of benzene rings is 1. The van der Waals surface area contributed by atoms with Crippen molar-refractivity contribution >= 4 is 23.6 Å². The largest absolute Gasteiger partial charge is 0.463 e. The lowest BCUT2D eigenvalue weighted by Crippen LogP contribution is -3.10. The second kappa shape index (κ2) is 9.41. The number of urea groups is 1. The zero-order valence-electron chi connectivity index (χ0n) is 15.9. The summed E-state index contributed by atoms with van der Waals surface area (Å²) in [5, 5.41) is 7.24. The van der Waals surface area contributed by atoms with Gasteiger partial charge in [-0.15, -0.1) is 0 Å². The van der Waals surface area contributed by atoms with Crippen molar-refractivity contribution in [1.82, 2.24) is 10.6 Å². The summed E-state index contributed by atoms with van der Waals surface area (Å²) in [6, 6.07) is 4.18. The molecule has 3 amide bonds. The van der Waals surface area contributed by atoms with Crippen LogP contribution >= 0.6 is 0 Å². The fourth-order valence-corrected chi connectivity index (χ4v) is 2.77. The first-order valence-corrected chi connectivity index (χ1v) is 8.83. The number of quaternary nitrogens is 1. The van der Waals surface area contributed by atoms with E-state index >= 15 is 0 Å². The molecule has 0 radical (unpaired) electrons. The minimum Gasteiger partial charge on any atom is -0.463 e. The summed E-state index contributed by atoms with van der Waals surface area (Å²) in [7, 11) is 1.61. The molecule has 1 aromatic rings. The van der Waals surface area contributed by atoms with Gasteiger partial charge in [0, 0.05) is 0 Å². The predicted molar refractivity (Wildman–Crippen MR) is 96.9 cm³/mol. The summed E-state index contributed by atoms with van der Waals surface area (Å²) < 4.78 is 44.1. The summed E-state index contributed by atoms with van der Waals surface area (Å²) in [6.07, 6.45) is -4.60. The molecule has 1 aliphatic rings. The second-order valence-electron chi connectivity index (χ2n) is 6.39. The lowest BCUT2D eigenvalue weighted by Gasteiger charge is -2.23. The molecular formula is C18H22F3N4O4+. The van der Waals surface area contributed by atoms with E-state index in [0.717, 1.165) is 6.07 Å². The maximum absolute atomic E-state index is 13.0. The molecule has 0 spiro atoms. The Bertz CT molecular complexity index is 824. The van der Waals surface area contributed by atoms with Gasteiger partial charge in [-0.05, 0) is 19.1 Å². The van der Waals surface area contributed by atoms with Gasteiger partial charge in [0.1, 0.15) is 6.54 Å². The number of carbonyl (C=O) groups is 3. The van der Waals surface area contributed by atoms with E-state index in [-0.39, 0.29) is 37.5 Å². The Morgan fingerprint density at radius 1 is 1.28 bits per heavy atom. The van der Waals surface area contributed by atoms with Gasteiger partial charge < -0.3 is 25.6 Å². The Balaban J connectivity index is 2.06. The number of nitrogens with one attached hydrogen (secondary N) is 4. The minimum absolute atomic E-state index is 0.0154. The summed E-state index contributed by atoms with van der Waals surface area (Å²) in [6.45, 7) is 1.70. The summed E-state index contributed by atoms with van der Waals surface area (Å²) in [4.78, 5) is 36.4. The average Bonchev–Trinajstić information content (AvgIpc) is 2.61. The highest BCUT2D eigenvalue weighted by molar-refractivity contribution is 5.94. The van der Waals surface area contributed by atoms with Gasteiger partial charge in [-0.1, -0.05) is 12.1 Å². The minimum atomic E-state index is -4.60. The van der Waals surface area contributed by atoms with Crippen LogP contribution in [0.4, 0.5) is 23.7 Å². The zero-order chi connectivity index (χ0) is 21.6. The van der Waals surface area contributed by atoms with Crippen LogP contribution in [0.25, 0.3) is 0 Å². The van der Waals surface area contributed by atoms with Crippen LogP contribution in [0.1, 0.15) is 12.5 Å². The van der Waals surface area contributed by atoms with E-state index in [1.165, 1.54) is 18.2 Å². The summed E-state index contributed by atoms with van der Waals surface area (Å²) in [5.74, 6) is -1.23. The number of likely N-dealkylation sites (N-methyl/N-ethyl adjacent to an activating group) is 1. The van der Waals surface area contributed by atoms with Crippen molar-refractivity contribution in [2.45, 2.75) is 13.1 Å². The fourth-order valence-electron chi connectivity index (χ4n) is 2.77. The molecule has 0 aliphatic carbocycles. The number of anilines is 1. The van der Waals surface area contributed by atoms with Crippen molar-refractivity contribution < 1.29 is 37.2 Å². The first-order valence-electron chi connectivity index (χ1n) is 8.83. The van der Waals surface area contributed by atoms with Crippen molar-refractivity contribution in [3.8, 4) is 0 Å². The molecule has 29 heavy (non-hydrogen) atoms. The first kappa shape index (κ1) is 22.2. The quantitative estimate of drug-likeness (QED) is 0.481. The average molecular weight is 415 g/mol. The molecule has 0 aromatic heterocycles. The van der Waals surface area contributed by atoms with E-state index in [4.69, 9.17) is 4.74 Å². The van der Waals surface area contributed by atoms with Gasteiger partial charge in [0.25, 0.3) is 5.91 Å². The van der Waals surface area contributed by atoms with Crippen molar-refractivity contribution in [1.29, 1.82) is 0 Å². The molecule has 1 unspecified atom stereocenters. The molecule has 1 heterocycles. The Morgan fingerprint density at radius 3 is 2.62 bits per heavy atom. The van der Waals surface area contributed by atoms with Crippen LogP contribution in [0.2, 0.25) is 0 Å². The molecule has 1 atom stereocenters.